The zero-order valence-corrected chi connectivity index (χ0v) is 9.68. The van der Waals surface area contributed by atoms with Gasteiger partial charge >= 0.3 is 0 Å². The number of nitrogens with two attached hydrogens (primary N) is 1. The van der Waals surface area contributed by atoms with Crippen molar-refractivity contribution in [2.24, 2.45) is 5.73 Å². The fraction of sp³-hybridized carbons (Fsp3) is 0.143. The Bertz CT molecular complexity index is 535. The van der Waals surface area contributed by atoms with Gasteiger partial charge in [0.2, 0.25) is 0 Å². The number of hydrogen-bond acceptors (Lipinski definition) is 2. The van der Waals surface area contributed by atoms with Crippen LogP contribution in [0, 0.1) is 0 Å². The maximum Gasteiger partial charge on any atom is 0.251 e. The molecule has 3 heteroatoms. The lowest BCUT2D eigenvalue weighted by atomic mass is 9.99. The minimum atomic E-state index is -0.422. The monoisotopic (exact) mass is 226 g/mol. The molecule has 1 aromatic heterocycles. The summed E-state index contributed by atoms with van der Waals surface area (Å²) in [5.74, 6) is -0.422. The Morgan fingerprint density at radius 1 is 1.24 bits per heavy atom. The number of pyridine rings is 1. The lowest BCUT2D eigenvalue weighted by Gasteiger charge is -2.09. The summed E-state index contributed by atoms with van der Waals surface area (Å²) in [5.41, 5.74) is 8.49. The van der Waals surface area contributed by atoms with E-state index in [1.807, 2.05) is 43.3 Å². The van der Waals surface area contributed by atoms with Crippen molar-refractivity contribution in [2.45, 2.75) is 13.3 Å². The lowest BCUT2D eigenvalue weighted by Crippen LogP contribution is -2.16. The Morgan fingerprint density at radius 3 is 2.53 bits per heavy atom. The number of nitrogens with zero attached hydrogens (tertiary/aromatic N) is 1. The first-order chi connectivity index (χ1) is 8.24. The summed E-state index contributed by atoms with van der Waals surface area (Å²) in [6.45, 7) is 2.00. The van der Waals surface area contributed by atoms with Gasteiger partial charge in [-0.3, -0.25) is 9.78 Å². The van der Waals surface area contributed by atoms with Crippen LogP contribution in [0.3, 0.4) is 0 Å². The molecule has 2 N–H and O–H groups in total. The van der Waals surface area contributed by atoms with Crippen LogP contribution in [-0.2, 0) is 6.42 Å². The predicted molar refractivity (Wildman–Crippen MR) is 67.6 cm³/mol. The fourth-order valence-corrected chi connectivity index (χ4v) is 1.89. The summed E-state index contributed by atoms with van der Waals surface area (Å²) in [4.78, 5) is 15.8. The van der Waals surface area contributed by atoms with Crippen molar-refractivity contribution >= 4 is 5.91 Å². The fourth-order valence-electron chi connectivity index (χ4n) is 1.89. The SMILES string of the molecule is CCc1ccnc(-c2ccccc2)c1C(N)=O. The van der Waals surface area contributed by atoms with Crippen molar-refractivity contribution < 1.29 is 4.79 Å². The third-order valence-corrected chi connectivity index (χ3v) is 2.71. The molecule has 0 saturated heterocycles. The van der Waals surface area contributed by atoms with Crippen LogP contribution < -0.4 is 5.73 Å². The molecule has 86 valence electrons. The molecule has 0 saturated carbocycles. The second-order valence-corrected chi connectivity index (χ2v) is 3.78. The summed E-state index contributed by atoms with van der Waals surface area (Å²) in [6.07, 6.45) is 2.48. The molecule has 0 aliphatic heterocycles. The van der Waals surface area contributed by atoms with Gasteiger partial charge in [-0.2, -0.15) is 0 Å². The molecule has 0 unspecified atom stereocenters. The quantitative estimate of drug-likeness (QED) is 0.873. The Kier molecular flexibility index (Phi) is 3.19. The number of rotatable bonds is 3. The van der Waals surface area contributed by atoms with Crippen LogP contribution in [0.1, 0.15) is 22.8 Å². The Balaban J connectivity index is 2.66. The van der Waals surface area contributed by atoms with Gasteiger partial charge in [-0.25, -0.2) is 0 Å². The summed E-state index contributed by atoms with van der Waals surface area (Å²) in [6, 6.07) is 11.5. The highest BCUT2D eigenvalue weighted by Crippen LogP contribution is 2.23. The van der Waals surface area contributed by atoms with E-state index in [1.165, 1.54) is 0 Å². The Morgan fingerprint density at radius 2 is 1.94 bits per heavy atom. The van der Waals surface area contributed by atoms with Crippen LogP contribution in [0.15, 0.2) is 42.6 Å². The highest BCUT2D eigenvalue weighted by atomic mass is 16.1. The molecule has 0 aliphatic carbocycles. The first kappa shape index (κ1) is 11.3. The van der Waals surface area contributed by atoms with Crippen LogP contribution >= 0.6 is 0 Å². The van der Waals surface area contributed by atoms with Crippen LogP contribution in [0.4, 0.5) is 0 Å². The third kappa shape index (κ3) is 2.18. The minimum Gasteiger partial charge on any atom is -0.366 e. The highest BCUT2D eigenvalue weighted by molar-refractivity contribution is 6.00. The van der Waals surface area contributed by atoms with Crippen LogP contribution in [0.2, 0.25) is 0 Å². The Hall–Kier alpha value is -2.16. The molecule has 2 rings (SSSR count). The van der Waals surface area contributed by atoms with E-state index in [1.54, 1.807) is 6.20 Å². The van der Waals surface area contributed by atoms with E-state index in [-0.39, 0.29) is 0 Å². The summed E-state index contributed by atoms with van der Waals surface area (Å²) < 4.78 is 0. The predicted octanol–water partition coefficient (Wildman–Crippen LogP) is 2.41. The number of amides is 1. The maximum absolute atomic E-state index is 11.6. The Labute approximate surface area is 100 Å². The van der Waals surface area contributed by atoms with Crippen molar-refractivity contribution in [3.8, 4) is 11.3 Å². The van der Waals surface area contributed by atoms with Crippen molar-refractivity contribution in [2.75, 3.05) is 0 Å². The van der Waals surface area contributed by atoms with E-state index >= 15 is 0 Å². The van der Waals surface area contributed by atoms with Gasteiger partial charge in [0.1, 0.15) is 0 Å². The molecule has 2 aromatic rings. The highest BCUT2D eigenvalue weighted by Gasteiger charge is 2.14. The number of aryl methyl sites for hydroxylation is 1. The third-order valence-electron chi connectivity index (χ3n) is 2.71. The molecule has 0 fully saturated rings. The summed E-state index contributed by atoms with van der Waals surface area (Å²) in [7, 11) is 0. The molecule has 1 amide bonds. The van der Waals surface area contributed by atoms with E-state index in [0.717, 1.165) is 17.5 Å². The summed E-state index contributed by atoms with van der Waals surface area (Å²) in [5, 5.41) is 0. The van der Waals surface area contributed by atoms with Crippen molar-refractivity contribution in [3.63, 3.8) is 0 Å². The van der Waals surface area contributed by atoms with E-state index < -0.39 is 5.91 Å². The van der Waals surface area contributed by atoms with E-state index in [4.69, 9.17) is 5.73 Å². The van der Waals surface area contributed by atoms with Gasteiger partial charge in [-0.05, 0) is 18.1 Å². The number of carbonyl (C=O) groups excluding carboxylic acids is 1. The van der Waals surface area contributed by atoms with E-state index in [0.29, 0.717) is 11.3 Å². The second kappa shape index (κ2) is 4.78. The largest absolute Gasteiger partial charge is 0.366 e. The average molecular weight is 226 g/mol. The van der Waals surface area contributed by atoms with E-state index in [2.05, 4.69) is 4.98 Å². The molecule has 0 radical (unpaired) electrons. The average Bonchev–Trinajstić information content (AvgIpc) is 2.38. The van der Waals surface area contributed by atoms with Gasteiger partial charge in [0.25, 0.3) is 5.91 Å². The first-order valence-electron chi connectivity index (χ1n) is 5.57. The van der Waals surface area contributed by atoms with Crippen molar-refractivity contribution in [1.82, 2.24) is 4.98 Å². The zero-order valence-electron chi connectivity index (χ0n) is 9.68. The van der Waals surface area contributed by atoms with Gasteiger partial charge < -0.3 is 5.73 Å². The first-order valence-corrected chi connectivity index (χ1v) is 5.57. The standard InChI is InChI=1S/C14H14N2O/c1-2-10-8-9-16-13(12(10)14(15)17)11-6-4-3-5-7-11/h3-9H,2H2,1H3,(H2,15,17). The van der Waals surface area contributed by atoms with Crippen LogP contribution in [0.5, 0.6) is 0 Å². The van der Waals surface area contributed by atoms with Gasteiger partial charge in [-0.1, -0.05) is 37.3 Å². The second-order valence-electron chi connectivity index (χ2n) is 3.78. The molecule has 0 spiro atoms. The molecular weight excluding hydrogens is 212 g/mol. The van der Waals surface area contributed by atoms with Gasteiger partial charge in [0.05, 0.1) is 11.3 Å². The van der Waals surface area contributed by atoms with E-state index in [9.17, 15) is 4.79 Å². The van der Waals surface area contributed by atoms with Crippen LogP contribution in [0.25, 0.3) is 11.3 Å². The van der Waals surface area contributed by atoms with Gasteiger partial charge in [0.15, 0.2) is 0 Å². The van der Waals surface area contributed by atoms with Crippen LogP contribution in [-0.4, -0.2) is 10.9 Å². The minimum absolute atomic E-state index is 0.422. The molecule has 17 heavy (non-hydrogen) atoms. The van der Waals surface area contributed by atoms with Gasteiger partial charge in [-0.15, -0.1) is 0 Å². The number of benzene rings is 1. The molecule has 0 atom stereocenters. The number of hydrogen-bond donors (Lipinski definition) is 1. The molecular formula is C14H14N2O. The molecule has 0 aliphatic rings. The zero-order chi connectivity index (χ0) is 12.3. The molecule has 0 bridgehead atoms. The van der Waals surface area contributed by atoms with Crippen molar-refractivity contribution in [3.05, 3.63) is 53.7 Å². The number of aromatic nitrogens is 1. The smallest absolute Gasteiger partial charge is 0.251 e. The maximum atomic E-state index is 11.6. The lowest BCUT2D eigenvalue weighted by molar-refractivity contribution is 0.1000. The molecule has 3 nitrogen and oxygen atoms in total. The summed E-state index contributed by atoms with van der Waals surface area (Å²) >= 11 is 0. The normalized spacial score (nSPS) is 10.2. The number of carbonyl (C=O) groups is 1. The molecule has 1 heterocycles. The van der Waals surface area contributed by atoms with Gasteiger partial charge in [0, 0.05) is 11.8 Å². The van der Waals surface area contributed by atoms with Crippen molar-refractivity contribution in [1.29, 1.82) is 0 Å². The number of primary amides is 1. The molecule has 1 aromatic carbocycles. The topological polar surface area (TPSA) is 56.0 Å².